The number of hydrogen-bond donors (Lipinski definition) is 0. The van der Waals surface area contributed by atoms with Gasteiger partial charge in [0.05, 0.1) is 12.2 Å². The summed E-state index contributed by atoms with van der Waals surface area (Å²) in [6, 6.07) is 4.14. The molecule has 0 N–H and O–H groups in total. The van der Waals surface area contributed by atoms with E-state index in [4.69, 9.17) is 4.74 Å². The molecule has 1 amide bonds. The van der Waals surface area contributed by atoms with Crippen LogP contribution in [-0.4, -0.2) is 90.2 Å². The van der Waals surface area contributed by atoms with Crippen molar-refractivity contribution in [3.63, 3.8) is 0 Å². The molecule has 1 atom stereocenters. The lowest BCUT2D eigenvalue weighted by molar-refractivity contribution is -0.0395. The van der Waals surface area contributed by atoms with E-state index in [1.54, 1.807) is 24.5 Å². The Morgan fingerprint density at radius 2 is 1.80 bits per heavy atom. The van der Waals surface area contributed by atoms with E-state index in [1.807, 2.05) is 4.90 Å². The van der Waals surface area contributed by atoms with Gasteiger partial charge >= 0.3 is 0 Å². The van der Waals surface area contributed by atoms with Gasteiger partial charge in [-0.25, -0.2) is 0 Å². The van der Waals surface area contributed by atoms with E-state index in [-0.39, 0.29) is 11.5 Å². The highest BCUT2D eigenvalue weighted by Crippen LogP contribution is 2.38. The number of nitrogens with zero attached hydrogens (tertiary/aromatic N) is 4. The van der Waals surface area contributed by atoms with Crippen LogP contribution in [0, 0.1) is 0 Å². The van der Waals surface area contributed by atoms with Gasteiger partial charge in [-0.3, -0.25) is 14.7 Å². The van der Waals surface area contributed by atoms with Crippen molar-refractivity contribution in [1.82, 2.24) is 19.7 Å². The summed E-state index contributed by atoms with van der Waals surface area (Å²) >= 11 is 0. The summed E-state index contributed by atoms with van der Waals surface area (Å²) in [6.45, 7) is 7.02. The average Bonchev–Trinajstić information content (AvgIpc) is 3.07. The summed E-state index contributed by atoms with van der Waals surface area (Å²) in [5, 5.41) is 0. The molecule has 0 bridgehead atoms. The third kappa shape index (κ3) is 3.57. The Bertz CT molecular complexity index is 593. The van der Waals surface area contributed by atoms with E-state index in [1.165, 1.54) is 0 Å². The summed E-state index contributed by atoms with van der Waals surface area (Å²) in [6.07, 6.45) is 6.38. The number of amides is 1. The van der Waals surface area contributed by atoms with Crippen LogP contribution in [0.2, 0.25) is 0 Å². The fraction of sp³-hybridized carbons (Fsp3) is 0.684. The maximum absolute atomic E-state index is 12.6. The van der Waals surface area contributed by atoms with Crippen LogP contribution in [0.25, 0.3) is 0 Å². The minimum absolute atomic E-state index is 0.0109. The predicted molar refractivity (Wildman–Crippen MR) is 95.5 cm³/mol. The molecular weight excluding hydrogens is 316 g/mol. The molecule has 0 radical (unpaired) electrons. The van der Waals surface area contributed by atoms with Crippen molar-refractivity contribution >= 4 is 5.91 Å². The summed E-state index contributed by atoms with van der Waals surface area (Å²) < 4.78 is 6.30. The lowest BCUT2D eigenvalue weighted by Gasteiger charge is -2.40. The van der Waals surface area contributed by atoms with Gasteiger partial charge in [0.2, 0.25) is 0 Å². The van der Waals surface area contributed by atoms with Gasteiger partial charge < -0.3 is 14.5 Å². The maximum Gasteiger partial charge on any atom is 0.253 e. The van der Waals surface area contributed by atoms with Gasteiger partial charge in [0.25, 0.3) is 5.91 Å². The van der Waals surface area contributed by atoms with E-state index in [2.05, 4.69) is 21.8 Å². The highest BCUT2D eigenvalue weighted by molar-refractivity contribution is 5.94. The molecule has 3 saturated heterocycles. The number of piperazine rings is 1. The number of likely N-dealkylation sites (tertiary alicyclic amines) is 1. The van der Waals surface area contributed by atoms with Crippen LogP contribution in [0.1, 0.15) is 29.6 Å². The normalized spacial score (nSPS) is 27.7. The summed E-state index contributed by atoms with van der Waals surface area (Å²) in [4.78, 5) is 23.5. The monoisotopic (exact) mass is 344 g/mol. The SMILES string of the molecule is CN1CCN([C@H]2COC3(CCN(C(=O)c4ccncc4)CC3)C2)CC1. The number of piperidine rings is 1. The minimum Gasteiger partial charge on any atom is -0.373 e. The first-order chi connectivity index (χ1) is 12.2. The van der Waals surface area contributed by atoms with Gasteiger partial charge in [-0.05, 0) is 38.4 Å². The Hall–Kier alpha value is -1.50. The van der Waals surface area contributed by atoms with Gasteiger partial charge in [0.15, 0.2) is 0 Å². The molecule has 3 aliphatic rings. The van der Waals surface area contributed by atoms with Crippen LogP contribution in [0.4, 0.5) is 0 Å². The number of rotatable bonds is 2. The summed E-state index contributed by atoms with van der Waals surface area (Å²) in [5.74, 6) is 0.117. The molecular formula is C19H28N4O2. The number of hydrogen-bond acceptors (Lipinski definition) is 5. The molecule has 25 heavy (non-hydrogen) atoms. The second kappa shape index (κ2) is 7.02. The number of pyridine rings is 1. The van der Waals surface area contributed by atoms with Gasteiger partial charge in [0.1, 0.15) is 0 Å². The van der Waals surface area contributed by atoms with E-state index < -0.39 is 0 Å². The molecule has 0 unspecified atom stereocenters. The molecule has 0 aromatic carbocycles. The smallest absolute Gasteiger partial charge is 0.253 e. The fourth-order valence-corrected chi connectivity index (χ4v) is 4.38. The zero-order chi connectivity index (χ0) is 17.3. The number of carbonyl (C=O) groups excluding carboxylic acids is 1. The van der Waals surface area contributed by atoms with Crippen LogP contribution in [-0.2, 0) is 4.74 Å². The van der Waals surface area contributed by atoms with Crippen molar-refractivity contribution in [2.24, 2.45) is 0 Å². The Kier molecular flexibility index (Phi) is 4.75. The Balaban J connectivity index is 1.32. The molecule has 0 aliphatic carbocycles. The van der Waals surface area contributed by atoms with Gasteiger partial charge in [0, 0.05) is 63.3 Å². The van der Waals surface area contributed by atoms with Gasteiger partial charge in [-0.2, -0.15) is 0 Å². The largest absolute Gasteiger partial charge is 0.373 e. The van der Waals surface area contributed by atoms with Crippen LogP contribution in [0.3, 0.4) is 0 Å². The van der Waals surface area contributed by atoms with Crippen molar-refractivity contribution in [2.75, 3.05) is 52.9 Å². The molecule has 1 aromatic rings. The predicted octanol–water partition coefficient (Wildman–Crippen LogP) is 1.09. The third-order valence-electron chi connectivity index (χ3n) is 6.13. The highest BCUT2D eigenvalue weighted by atomic mass is 16.5. The third-order valence-corrected chi connectivity index (χ3v) is 6.13. The number of aromatic nitrogens is 1. The minimum atomic E-state index is -0.0109. The number of carbonyl (C=O) groups is 1. The van der Waals surface area contributed by atoms with E-state index in [0.29, 0.717) is 6.04 Å². The first-order valence-electron chi connectivity index (χ1n) is 9.41. The van der Waals surface area contributed by atoms with Crippen LogP contribution in [0.15, 0.2) is 24.5 Å². The molecule has 136 valence electrons. The van der Waals surface area contributed by atoms with Crippen molar-refractivity contribution in [3.05, 3.63) is 30.1 Å². The van der Waals surface area contributed by atoms with Crippen LogP contribution < -0.4 is 0 Å². The van der Waals surface area contributed by atoms with Crippen LogP contribution in [0.5, 0.6) is 0 Å². The zero-order valence-electron chi connectivity index (χ0n) is 15.1. The quantitative estimate of drug-likeness (QED) is 0.804. The molecule has 3 fully saturated rings. The molecule has 6 nitrogen and oxygen atoms in total. The molecule has 0 saturated carbocycles. The second-order valence-corrected chi connectivity index (χ2v) is 7.72. The van der Waals surface area contributed by atoms with Crippen molar-refractivity contribution < 1.29 is 9.53 Å². The fourth-order valence-electron chi connectivity index (χ4n) is 4.38. The van der Waals surface area contributed by atoms with Crippen LogP contribution >= 0.6 is 0 Å². The highest BCUT2D eigenvalue weighted by Gasteiger charge is 2.45. The number of likely N-dealkylation sites (N-methyl/N-ethyl adjacent to an activating group) is 1. The van der Waals surface area contributed by atoms with E-state index in [9.17, 15) is 4.79 Å². The summed E-state index contributed by atoms with van der Waals surface area (Å²) in [5.41, 5.74) is 0.719. The molecule has 1 aromatic heterocycles. The van der Waals surface area contributed by atoms with Crippen molar-refractivity contribution in [3.8, 4) is 0 Å². The average molecular weight is 344 g/mol. The van der Waals surface area contributed by atoms with Gasteiger partial charge in [-0.1, -0.05) is 0 Å². The molecule has 3 aliphatic heterocycles. The van der Waals surface area contributed by atoms with E-state index in [0.717, 1.165) is 70.7 Å². The topological polar surface area (TPSA) is 48.9 Å². The lowest BCUT2D eigenvalue weighted by atomic mass is 9.86. The Labute approximate surface area is 149 Å². The maximum atomic E-state index is 12.6. The Morgan fingerprint density at radius 1 is 1.12 bits per heavy atom. The standard InChI is InChI=1S/C19H28N4O2/c1-21-10-12-22(13-11-21)17-14-19(25-15-17)4-8-23(9-5-19)18(24)16-2-6-20-7-3-16/h2-3,6-7,17H,4-5,8-15H2,1H3/t17-/m1/s1. The zero-order valence-corrected chi connectivity index (χ0v) is 15.1. The molecule has 4 rings (SSSR count). The molecule has 4 heterocycles. The second-order valence-electron chi connectivity index (χ2n) is 7.72. The van der Waals surface area contributed by atoms with E-state index >= 15 is 0 Å². The first-order valence-corrected chi connectivity index (χ1v) is 9.41. The summed E-state index contributed by atoms with van der Waals surface area (Å²) in [7, 11) is 2.19. The Morgan fingerprint density at radius 3 is 2.48 bits per heavy atom. The van der Waals surface area contributed by atoms with Crippen molar-refractivity contribution in [2.45, 2.75) is 30.9 Å². The first kappa shape index (κ1) is 16.9. The van der Waals surface area contributed by atoms with Crippen molar-refractivity contribution in [1.29, 1.82) is 0 Å². The molecule has 1 spiro atoms. The number of ether oxygens (including phenoxy) is 1. The van der Waals surface area contributed by atoms with Gasteiger partial charge in [-0.15, -0.1) is 0 Å². The lowest BCUT2D eigenvalue weighted by Crippen LogP contribution is -2.50. The molecule has 6 heteroatoms.